The lowest BCUT2D eigenvalue weighted by atomic mass is 9.95. The highest BCUT2D eigenvalue weighted by Gasteiger charge is 2.34. The predicted octanol–water partition coefficient (Wildman–Crippen LogP) is 1.99. The third kappa shape index (κ3) is 5.65. The summed E-state index contributed by atoms with van der Waals surface area (Å²) in [6.07, 6.45) is 2.33. The van der Waals surface area contributed by atoms with Gasteiger partial charge in [0.25, 0.3) is 0 Å². The number of likely N-dealkylation sites (N-methyl/N-ethyl adjacent to an activating group) is 1. The van der Waals surface area contributed by atoms with E-state index in [1.807, 2.05) is 38.2 Å². The van der Waals surface area contributed by atoms with E-state index in [1.165, 1.54) is 3.97 Å². The Morgan fingerprint density at radius 3 is 2.55 bits per heavy atom. The van der Waals surface area contributed by atoms with E-state index in [2.05, 4.69) is 4.90 Å². The number of carbonyl (C=O) groups is 1. The van der Waals surface area contributed by atoms with Crippen LogP contribution in [0.25, 0.3) is 10.9 Å². The Kier molecular flexibility index (Phi) is 7.10. The molecule has 8 nitrogen and oxygen atoms in total. The summed E-state index contributed by atoms with van der Waals surface area (Å²) in [6, 6.07) is 7.34. The maximum absolute atomic E-state index is 13.0. The van der Waals surface area contributed by atoms with Crippen LogP contribution in [0.5, 0.6) is 0 Å². The van der Waals surface area contributed by atoms with Crippen LogP contribution in [0.4, 0.5) is 0 Å². The number of aromatic nitrogens is 1. The Bertz CT molecular complexity index is 1020. The topological polar surface area (TPSA) is 81.1 Å². The first-order valence-electron chi connectivity index (χ1n) is 10.5. The first kappa shape index (κ1) is 23.7. The number of ether oxygens (including phenoxy) is 1. The van der Waals surface area contributed by atoms with Crippen LogP contribution >= 0.6 is 0 Å². The molecule has 2 aromatic rings. The standard InChI is InChI=1S/C22H33N3O5S/c1-22(2,21(26)29-15-17-12-24(5)13-17)16-30-31(27,28)25-14-18(10-11-23(3)4)19-8-6-7-9-20(19)25/h6-9,14,17H,10-13,15-16H2,1-5H3. The van der Waals surface area contributed by atoms with E-state index in [-0.39, 0.29) is 6.61 Å². The summed E-state index contributed by atoms with van der Waals surface area (Å²) in [5.74, 6) is -0.123. The van der Waals surface area contributed by atoms with Crippen molar-refractivity contribution in [2.45, 2.75) is 20.3 Å². The number of benzene rings is 1. The number of hydrogen-bond acceptors (Lipinski definition) is 7. The number of fused-ring (bicyclic) bond motifs is 1. The molecule has 172 valence electrons. The smallest absolute Gasteiger partial charge is 0.366 e. The number of nitrogens with zero attached hydrogens (tertiary/aromatic N) is 3. The van der Waals surface area contributed by atoms with Crippen molar-refractivity contribution in [1.82, 2.24) is 13.8 Å². The van der Waals surface area contributed by atoms with Gasteiger partial charge in [-0.05, 0) is 53.0 Å². The lowest BCUT2D eigenvalue weighted by Crippen LogP contribution is -2.47. The second-order valence-corrected chi connectivity index (χ2v) is 10.8. The molecular formula is C22H33N3O5S. The predicted molar refractivity (Wildman–Crippen MR) is 120 cm³/mol. The first-order valence-corrected chi connectivity index (χ1v) is 11.9. The summed E-state index contributed by atoms with van der Waals surface area (Å²) in [4.78, 5) is 16.7. The summed E-state index contributed by atoms with van der Waals surface area (Å²) >= 11 is 0. The normalized spacial score (nSPS) is 16.1. The van der Waals surface area contributed by atoms with E-state index < -0.39 is 21.7 Å². The van der Waals surface area contributed by atoms with Gasteiger partial charge in [0.1, 0.15) is 0 Å². The molecule has 0 saturated carbocycles. The summed E-state index contributed by atoms with van der Waals surface area (Å²) in [5, 5.41) is 0.876. The quantitative estimate of drug-likeness (QED) is 0.511. The van der Waals surface area contributed by atoms with E-state index in [9.17, 15) is 13.2 Å². The maximum atomic E-state index is 13.0. The molecule has 0 amide bonds. The third-order valence-corrected chi connectivity index (χ3v) is 6.74. The molecule has 0 unspecified atom stereocenters. The number of likely N-dealkylation sites (tertiary alicyclic amines) is 1. The molecule has 1 aliphatic heterocycles. The SMILES string of the molecule is CN(C)CCc1cn(S(=O)(=O)OCC(C)(C)C(=O)OCC2CN(C)C2)c2ccccc12. The Labute approximate surface area is 185 Å². The van der Waals surface area contributed by atoms with Crippen LogP contribution in [-0.4, -0.2) is 82.2 Å². The average Bonchev–Trinajstić information content (AvgIpc) is 3.07. The molecule has 2 heterocycles. The third-order valence-electron chi connectivity index (χ3n) is 5.54. The molecule has 3 rings (SSSR count). The summed E-state index contributed by atoms with van der Waals surface area (Å²) < 4.78 is 37.9. The molecule has 1 fully saturated rings. The molecule has 1 aromatic carbocycles. The van der Waals surface area contributed by atoms with Crippen LogP contribution in [0.15, 0.2) is 30.5 Å². The Balaban J connectivity index is 1.70. The minimum atomic E-state index is -4.11. The highest BCUT2D eigenvalue weighted by atomic mass is 32.2. The Morgan fingerprint density at radius 2 is 1.90 bits per heavy atom. The Hall–Kier alpha value is -1.94. The van der Waals surface area contributed by atoms with Gasteiger partial charge in [-0.1, -0.05) is 18.2 Å². The number of carbonyl (C=O) groups excluding carboxylic acids is 1. The summed E-state index contributed by atoms with van der Waals surface area (Å²) in [7, 11) is 1.85. The van der Waals surface area contributed by atoms with Gasteiger partial charge in [-0.25, -0.2) is 3.97 Å². The van der Waals surface area contributed by atoms with Crippen LogP contribution in [0.1, 0.15) is 19.4 Å². The number of esters is 1. The highest BCUT2D eigenvalue weighted by Crippen LogP contribution is 2.26. The number of hydrogen-bond donors (Lipinski definition) is 0. The van der Waals surface area contributed by atoms with E-state index in [0.717, 1.165) is 30.6 Å². The second kappa shape index (κ2) is 9.28. The highest BCUT2D eigenvalue weighted by molar-refractivity contribution is 7.85. The van der Waals surface area contributed by atoms with E-state index in [0.29, 0.717) is 24.5 Å². The molecule has 9 heteroatoms. The van der Waals surface area contributed by atoms with Gasteiger partial charge in [-0.15, -0.1) is 0 Å². The van der Waals surface area contributed by atoms with Crippen LogP contribution in [0, 0.1) is 11.3 Å². The van der Waals surface area contributed by atoms with Crippen molar-refractivity contribution in [3.05, 3.63) is 36.0 Å². The fourth-order valence-corrected chi connectivity index (χ4v) is 4.82. The molecule has 31 heavy (non-hydrogen) atoms. The van der Waals surface area contributed by atoms with Crippen molar-refractivity contribution in [1.29, 1.82) is 0 Å². The fourth-order valence-electron chi connectivity index (χ4n) is 3.61. The zero-order valence-electron chi connectivity index (χ0n) is 19.0. The van der Waals surface area contributed by atoms with Gasteiger partial charge in [-0.2, -0.15) is 8.42 Å². The molecule has 0 spiro atoms. The van der Waals surface area contributed by atoms with E-state index in [4.69, 9.17) is 8.92 Å². The van der Waals surface area contributed by atoms with Crippen molar-refractivity contribution < 1.29 is 22.1 Å². The minimum absolute atomic E-state index is 0.293. The molecule has 0 atom stereocenters. The fraction of sp³-hybridized carbons (Fsp3) is 0.591. The van der Waals surface area contributed by atoms with E-state index >= 15 is 0 Å². The van der Waals surface area contributed by atoms with Gasteiger partial charge in [0, 0.05) is 37.1 Å². The molecule has 0 bridgehead atoms. The van der Waals surface area contributed by atoms with Crippen molar-refractivity contribution in [2.75, 3.05) is 54.0 Å². The molecule has 1 aliphatic rings. The minimum Gasteiger partial charge on any atom is -0.465 e. The van der Waals surface area contributed by atoms with Gasteiger partial charge in [0.2, 0.25) is 0 Å². The lowest BCUT2D eigenvalue weighted by Gasteiger charge is -2.36. The molecule has 1 aromatic heterocycles. The molecular weight excluding hydrogens is 418 g/mol. The first-order chi connectivity index (χ1) is 14.5. The zero-order chi connectivity index (χ0) is 22.8. The van der Waals surface area contributed by atoms with Gasteiger partial charge < -0.3 is 14.5 Å². The maximum Gasteiger partial charge on any atom is 0.366 e. The monoisotopic (exact) mass is 451 g/mol. The van der Waals surface area contributed by atoms with Gasteiger partial charge in [0.15, 0.2) is 0 Å². The summed E-state index contributed by atoms with van der Waals surface area (Å²) in [5.41, 5.74) is 0.408. The van der Waals surface area contributed by atoms with Crippen LogP contribution in [0.2, 0.25) is 0 Å². The van der Waals surface area contributed by atoms with Crippen LogP contribution in [-0.2, 0) is 30.4 Å². The zero-order valence-corrected chi connectivity index (χ0v) is 19.8. The van der Waals surface area contributed by atoms with Crippen molar-refractivity contribution in [3.8, 4) is 0 Å². The van der Waals surface area contributed by atoms with Gasteiger partial charge >= 0.3 is 16.3 Å². The van der Waals surface area contributed by atoms with Crippen molar-refractivity contribution in [3.63, 3.8) is 0 Å². The molecule has 0 aliphatic carbocycles. The molecule has 0 radical (unpaired) electrons. The van der Waals surface area contributed by atoms with E-state index in [1.54, 1.807) is 32.2 Å². The largest absolute Gasteiger partial charge is 0.465 e. The number of para-hydroxylation sites is 1. The van der Waals surface area contributed by atoms with Crippen LogP contribution < -0.4 is 0 Å². The second-order valence-electron chi connectivity index (χ2n) is 9.31. The number of rotatable bonds is 10. The average molecular weight is 452 g/mol. The molecule has 1 saturated heterocycles. The summed E-state index contributed by atoms with van der Waals surface area (Å²) in [6.45, 7) is 5.91. The van der Waals surface area contributed by atoms with Crippen molar-refractivity contribution >= 4 is 27.2 Å². The van der Waals surface area contributed by atoms with Gasteiger partial charge in [-0.3, -0.25) is 8.98 Å². The Morgan fingerprint density at radius 1 is 1.23 bits per heavy atom. The molecule has 0 N–H and O–H groups in total. The van der Waals surface area contributed by atoms with Gasteiger partial charge in [0.05, 0.1) is 24.1 Å². The van der Waals surface area contributed by atoms with Crippen LogP contribution in [0.3, 0.4) is 0 Å². The van der Waals surface area contributed by atoms with Crippen molar-refractivity contribution in [2.24, 2.45) is 11.3 Å². The lowest BCUT2D eigenvalue weighted by molar-refractivity contribution is -0.158.